The zero-order chi connectivity index (χ0) is 24.6. The molecule has 3 heterocycles. The molecule has 2 fully saturated rings. The van der Waals surface area contributed by atoms with Crippen molar-refractivity contribution >= 4 is 10.9 Å². The third-order valence-electron chi connectivity index (χ3n) is 7.55. The van der Waals surface area contributed by atoms with E-state index in [1.165, 1.54) is 32.1 Å². The number of nitrogens with zero attached hydrogens (tertiary/aromatic N) is 6. The number of fused-ring (bicyclic) bond motifs is 1. The number of ether oxygens (including phenoxy) is 1. The summed E-state index contributed by atoms with van der Waals surface area (Å²) in [6.07, 6.45) is 6.65. The minimum Gasteiger partial charge on any atom is -0.497 e. The van der Waals surface area contributed by atoms with E-state index in [1.807, 2.05) is 28.9 Å². The lowest BCUT2D eigenvalue weighted by atomic mass is 9.93. The van der Waals surface area contributed by atoms with Crippen LogP contribution in [0.25, 0.3) is 10.9 Å². The molecule has 1 aliphatic carbocycles. The molecular formula is C26H37N7O2. The summed E-state index contributed by atoms with van der Waals surface area (Å²) in [5.41, 5.74) is 1.03. The largest absolute Gasteiger partial charge is 0.497 e. The van der Waals surface area contributed by atoms with Crippen molar-refractivity contribution in [2.24, 2.45) is 0 Å². The molecule has 9 nitrogen and oxygen atoms in total. The molecule has 0 radical (unpaired) electrons. The molecule has 1 atom stereocenters. The molecule has 5 rings (SSSR count). The van der Waals surface area contributed by atoms with E-state index in [4.69, 9.17) is 4.74 Å². The monoisotopic (exact) mass is 479 g/mol. The molecule has 188 valence electrons. The Hall–Kier alpha value is -2.78. The second kappa shape index (κ2) is 9.70. The summed E-state index contributed by atoms with van der Waals surface area (Å²) in [5.74, 6) is 1.46. The van der Waals surface area contributed by atoms with E-state index >= 15 is 0 Å². The molecular weight excluding hydrogens is 442 g/mol. The van der Waals surface area contributed by atoms with E-state index in [1.54, 1.807) is 7.11 Å². The van der Waals surface area contributed by atoms with Crippen LogP contribution in [0.5, 0.6) is 5.75 Å². The number of rotatable bonds is 5. The van der Waals surface area contributed by atoms with Crippen molar-refractivity contribution in [1.29, 1.82) is 0 Å². The van der Waals surface area contributed by atoms with E-state index in [0.29, 0.717) is 17.4 Å². The first-order chi connectivity index (χ1) is 16.8. The van der Waals surface area contributed by atoms with Crippen molar-refractivity contribution in [3.63, 3.8) is 0 Å². The minimum absolute atomic E-state index is 0.106. The van der Waals surface area contributed by atoms with Crippen molar-refractivity contribution in [2.75, 3.05) is 33.3 Å². The Morgan fingerprint density at radius 2 is 1.80 bits per heavy atom. The molecule has 2 aromatic heterocycles. The first-order valence-corrected chi connectivity index (χ1v) is 12.8. The molecule has 9 heteroatoms. The fourth-order valence-electron chi connectivity index (χ4n) is 5.68. The number of benzene rings is 1. The summed E-state index contributed by atoms with van der Waals surface area (Å²) < 4.78 is 7.29. The van der Waals surface area contributed by atoms with Crippen LogP contribution in [-0.2, 0) is 5.54 Å². The van der Waals surface area contributed by atoms with Gasteiger partial charge in [-0.2, -0.15) is 0 Å². The maximum absolute atomic E-state index is 13.4. The zero-order valence-corrected chi connectivity index (χ0v) is 21.3. The van der Waals surface area contributed by atoms with Gasteiger partial charge in [0.2, 0.25) is 0 Å². The van der Waals surface area contributed by atoms with E-state index in [9.17, 15) is 4.79 Å². The second-order valence-corrected chi connectivity index (χ2v) is 10.9. The number of methoxy groups -OCH3 is 1. The van der Waals surface area contributed by atoms with E-state index < -0.39 is 0 Å². The summed E-state index contributed by atoms with van der Waals surface area (Å²) in [4.78, 5) is 21.5. The molecule has 1 aromatic carbocycles. The standard InChI is InChI=1S/C26H37N7O2/c1-26(2,3)33-24(28-29-30-33)23(32-14-12-31(13-15-32)19-8-6-5-7-9-19)21-17-18-16-20(35-4)10-11-22(18)27-25(21)34/h10-11,16-17,19,23H,5-9,12-15H2,1-4H3,(H,27,34). The predicted octanol–water partition coefficient (Wildman–Crippen LogP) is 3.32. The Labute approximate surface area is 206 Å². The Kier molecular flexibility index (Phi) is 6.63. The Balaban J connectivity index is 1.53. The van der Waals surface area contributed by atoms with Crippen LogP contribution in [0, 0.1) is 0 Å². The Morgan fingerprint density at radius 3 is 2.49 bits per heavy atom. The molecule has 1 N–H and O–H groups in total. The summed E-state index contributed by atoms with van der Waals surface area (Å²) in [5, 5.41) is 13.8. The number of aromatic nitrogens is 5. The average molecular weight is 480 g/mol. The van der Waals surface area contributed by atoms with Gasteiger partial charge in [0, 0.05) is 48.7 Å². The third-order valence-corrected chi connectivity index (χ3v) is 7.55. The van der Waals surface area contributed by atoms with Crippen LogP contribution in [0.15, 0.2) is 29.1 Å². The zero-order valence-electron chi connectivity index (χ0n) is 21.3. The van der Waals surface area contributed by atoms with Gasteiger partial charge in [-0.3, -0.25) is 14.6 Å². The van der Waals surface area contributed by atoms with Gasteiger partial charge >= 0.3 is 0 Å². The highest BCUT2D eigenvalue weighted by molar-refractivity contribution is 5.80. The molecule has 35 heavy (non-hydrogen) atoms. The van der Waals surface area contributed by atoms with Gasteiger partial charge in [0.15, 0.2) is 5.82 Å². The summed E-state index contributed by atoms with van der Waals surface area (Å²) >= 11 is 0. The number of hydrogen-bond acceptors (Lipinski definition) is 7. The van der Waals surface area contributed by atoms with Crippen LogP contribution < -0.4 is 10.3 Å². The molecule has 3 aromatic rings. The normalized spacial score (nSPS) is 19.8. The van der Waals surface area contributed by atoms with Crippen LogP contribution in [-0.4, -0.2) is 74.3 Å². The summed E-state index contributed by atoms with van der Waals surface area (Å²) in [6, 6.07) is 8.05. The van der Waals surface area contributed by atoms with Crippen molar-refractivity contribution in [2.45, 2.75) is 70.5 Å². The van der Waals surface area contributed by atoms with E-state index in [2.05, 4.69) is 51.1 Å². The van der Waals surface area contributed by atoms with Gasteiger partial charge in [-0.15, -0.1) is 5.10 Å². The maximum Gasteiger partial charge on any atom is 0.253 e. The number of H-pyrrole nitrogens is 1. The quantitative estimate of drug-likeness (QED) is 0.600. The SMILES string of the molecule is COc1ccc2[nH]c(=O)c(C(c3nnnn3C(C)(C)C)N3CCN(C4CCCCC4)CC3)cc2c1. The highest BCUT2D eigenvalue weighted by Crippen LogP contribution is 2.32. The van der Waals surface area contributed by atoms with Crippen molar-refractivity contribution < 1.29 is 4.74 Å². The van der Waals surface area contributed by atoms with Crippen molar-refractivity contribution in [3.05, 3.63) is 46.0 Å². The van der Waals surface area contributed by atoms with Gasteiger partial charge in [-0.25, -0.2) is 4.68 Å². The smallest absolute Gasteiger partial charge is 0.253 e. The maximum atomic E-state index is 13.4. The van der Waals surface area contributed by atoms with Crippen LogP contribution in [0.4, 0.5) is 0 Å². The Bertz CT molecular complexity index is 1210. The van der Waals surface area contributed by atoms with Gasteiger partial charge in [-0.1, -0.05) is 19.3 Å². The van der Waals surface area contributed by atoms with Crippen LogP contribution >= 0.6 is 0 Å². The summed E-state index contributed by atoms with van der Waals surface area (Å²) in [7, 11) is 1.65. The molecule has 1 unspecified atom stereocenters. The van der Waals surface area contributed by atoms with Crippen LogP contribution in [0.1, 0.15) is 70.3 Å². The number of aromatic amines is 1. The lowest BCUT2D eigenvalue weighted by Gasteiger charge is -2.43. The van der Waals surface area contributed by atoms with E-state index in [0.717, 1.165) is 42.8 Å². The lowest BCUT2D eigenvalue weighted by molar-refractivity contribution is 0.0606. The fraction of sp³-hybridized carbons (Fsp3) is 0.615. The van der Waals surface area contributed by atoms with E-state index in [-0.39, 0.29) is 17.1 Å². The molecule has 0 bridgehead atoms. The molecule has 1 saturated carbocycles. The first-order valence-electron chi connectivity index (χ1n) is 12.8. The van der Waals surface area contributed by atoms with Crippen LogP contribution in [0.3, 0.4) is 0 Å². The lowest BCUT2D eigenvalue weighted by Crippen LogP contribution is -2.52. The van der Waals surface area contributed by atoms with Gasteiger partial charge in [-0.05, 0) is 68.3 Å². The molecule has 2 aliphatic rings. The van der Waals surface area contributed by atoms with Gasteiger partial charge < -0.3 is 9.72 Å². The first kappa shape index (κ1) is 23.9. The summed E-state index contributed by atoms with van der Waals surface area (Å²) in [6.45, 7) is 9.98. The number of piperazine rings is 1. The number of tetrazole rings is 1. The number of pyridine rings is 1. The Morgan fingerprint density at radius 1 is 1.06 bits per heavy atom. The molecule has 1 saturated heterocycles. The van der Waals surface area contributed by atoms with Gasteiger partial charge in [0.05, 0.1) is 12.6 Å². The highest BCUT2D eigenvalue weighted by atomic mass is 16.5. The second-order valence-electron chi connectivity index (χ2n) is 10.9. The number of hydrogen-bond donors (Lipinski definition) is 1. The van der Waals surface area contributed by atoms with Crippen LogP contribution in [0.2, 0.25) is 0 Å². The van der Waals surface area contributed by atoms with Crippen molar-refractivity contribution in [3.8, 4) is 5.75 Å². The topological polar surface area (TPSA) is 92.2 Å². The highest BCUT2D eigenvalue weighted by Gasteiger charge is 2.36. The minimum atomic E-state index is -0.336. The molecule has 0 spiro atoms. The predicted molar refractivity (Wildman–Crippen MR) is 136 cm³/mol. The molecule has 1 aliphatic heterocycles. The van der Waals surface area contributed by atoms with Crippen molar-refractivity contribution in [1.82, 2.24) is 35.0 Å². The third kappa shape index (κ3) is 4.84. The molecule has 0 amide bonds. The number of nitrogens with one attached hydrogen (secondary N) is 1. The fourth-order valence-corrected chi connectivity index (χ4v) is 5.68. The van der Waals surface area contributed by atoms with Gasteiger partial charge in [0.1, 0.15) is 11.8 Å². The average Bonchev–Trinajstić information content (AvgIpc) is 3.35. The van der Waals surface area contributed by atoms with Gasteiger partial charge in [0.25, 0.3) is 5.56 Å².